The molecule has 5 atom stereocenters. The summed E-state index contributed by atoms with van der Waals surface area (Å²) in [5, 5.41) is 25.9. The van der Waals surface area contributed by atoms with Crippen LogP contribution in [0.15, 0.2) is 140 Å². The second-order valence-electron chi connectivity index (χ2n) is 15.4. The number of nitrogens with one attached hydrogen (secondary N) is 6. The molecule has 5 aromatic rings. The molecule has 14 heteroatoms. The smallest absolute Gasteiger partial charge is 0.325 e. The molecule has 0 saturated heterocycles. The van der Waals surface area contributed by atoms with Gasteiger partial charge in [-0.25, -0.2) is 0 Å². The van der Waals surface area contributed by atoms with Crippen molar-refractivity contribution in [2.75, 3.05) is 5.32 Å². The Labute approximate surface area is 365 Å². The van der Waals surface area contributed by atoms with Crippen molar-refractivity contribution in [1.29, 1.82) is 0 Å². The van der Waals surface area contributed by atoms with E-state index in [9.17, 15) is 38.7 Å². The number of fused-ring (bicyclic) bond motifs is 18. The Hall–Kier alpha value is -7.61. The summed E-state index contributed by atoms with van der Waals surface area (Å²) in [6.07, 6.45) is -0.106. The number of carboxylic acid groups (broad SMARTS) is 1. The van der Waals surface area contributed by atoms with Gasteiger partial charge >= 0.3 is 5.97 Å². The molecular weight excluding hydrogens is 801 g/mol. The summed E-state index contributed by atoms with van der Waals surface area (Å²) in [5.41, 5.74) is 4.89. The number of aliphatic carboxylic acids is 1. The van der Waals surface area contributed by atoms with Crippen molar-refractivity contribution in [2.45, 2.75) is 75.7 Å². The first-order chi connectivity index (χ1) is 30.4. The zero-order valence-electron chi connectivity index (χ0n) is 34.7. The Morgan fingerprint density at radius 2 is 1.19 bits per heavy atom. The lowest BCUT2D eigenvalue weighted by molar-refractivity contribution is -0.141. The van der Waals surface area contributed by atoms with E-state index in [1.54, 1.807) is 54.6 Å². The van der Waals surface area contributed by atoms with E-state index in [4.69, 9.17) is 0 Å². The quantitative estimate of drug-likeness (QED) is 0.0999. The average molecular weight is 851 g/mol. The average Bonchev–Trinajstić information content (AvgIpc) is 3.29. The Morgan fingerprint density at radius 3 is 1.84 bits per heavy atom. The highest BCUT2D eigenvalue weighted by Crippen LogP contribution is 2.21. The van der Waals surface area contributed by atoms with Crippen molar-refractivity contribution in [3.8, 4) is 11.1 Å². The normalized spacial score (nSPS) is 19.5. The lowest BCUT2D eigenvalue weighted by atomic mass is 9.98. The fourth-order valence-corrected chi connectivity index (χ4v) is 7.11. The second-order valence-corrected chi connectivity index (χ2v) is 15.4. The third-order valence-electron chi connectivity index (χ3n) is 10.7. The maximum Gasteiger partial charge on any atom is 0.325 e. The zero-order valence-corrected chi connectivity index (χ0v) is 34.7. The first-order valence-electron chi connectivity index (χ1n) is 20.8. The van der Waals surface area contributed by atoms with Gasteiger partial charge in [0.2, 0.25) is 35.4 Å². The number of amides is 6. The van der Waals surface area contributed by atoms with E-state index in [1.165, 1.54) is 6.92 Å². The zero-order chi connectivity index (χ0) is 44.7. The number of carbonyl (C=O) groups is 7. The molecule has 2 aliphatic heterocycles. The van der Waals surface area contributed by atoms with Gasteiger partial charge in [-0.15, -0.1) is 0 Å². The van der Waals surface area contributed by atoms with E-state index in [-0.39, 0.29) is 32.1 Å². The van der Waals surface area contributed by atoms with E-state index in [1.807, 2.05) is 84.9 Å². The molecule has 6 amide bonds. The molecule has 2 bridgehead atoms. The van der Waals surface area contributed by atoms with Crippen molar-refractivity contribution in [3.05, 3.63) is 162 Å². The number of hydrogen-bond donors (Lipinski definition) is 7. The maximum absolute atomic E-state index is 14.6. The molecule has 0 radical (unpaired) electrons. The van der Waals surface area contributed by atoms with Gasteiger partial charge in [0.05, 0.1) is 0 Å². The van der Waals surface area contributed by atoms with Crippen molar-refractivity contribution < 1.29 is 38.7 Å². The standard InChI is InChI=1S/C49H50N6O8/c1-31(49(62)63)50-46(59)40-30-34-19-24-38(25-20-34)51-42(56)27-28-43(57)55-44(37-15-9-4-10-16-37)48(61)54-41(29-33-17-22-36(23-18-33)35-13-7-3-8-14-35)47(60)52-39(45(58)53-40)26-21-32-11-5-2-6-12-32/h2-20,22-25,31,39-41,44H,21,26-30H2,1H3,(H,50,59)(H,51,56)(H,52,60)(H,53,58)(H,54,61)(H,55,57)(H,62,63)/t31-,39+,40-,41-,44?/m0/s1. The molecule has 0 spiro atoms. The van der Waals surface area contributed by atoms with E-state index in [0.29, 0.717) is 28.8 Å². The number of aryl methyl sites for hydroxylation is 1. The van der Waals surface area contributed by atoms with E-state index in [2.05, 4.69) is 31.9 Å². The summed E-state index contributed by atoms with van der Waals surface area (Å²) < 4.78 is 0. The minimum absolute atomic E-state index is 0.0107. The summed E-state index contributed by atoms with van der Waals surface area (Å²) in [6, 6.07) is 35.2. The van der Waals surface area contributed by atoms with E-state index < -0.39 is 71.6 Å². The summed E-state index contributed by atoms with van der Waals surface area (Å²) in [7, 11) is 0. The molecule has 0 aromatic heterocycles. The topological polar surface area (TPSA) is 212 Å². The van der Waals surface area contributed by atoms with Crippen LogP contribution >= 0.6 is 0 Å². The summed E-state index contributed by atoms with van der Waals surface area (Å²) >= 11 is 0. The van der Waals surface area contributed by atoms with E-state index >= 15 is 0 Å². The highest BCUT2D eigenvalue weighted by molar-refractivity contribution is 5.97. The minimum atomic E-state index is -1.28. The van der Waals surface area contributed by atoms with Crippen LogP contribution in [-0.4, -0.2) is 70.7 Å². The number of carbonyl (C=O) groups excluding carboxylic acids is 6. The van der Waals surface area contributed by atoms with Gasteiger partial charge in [-0.05, 0) is 65.3 Å². The van der Waals surface area contributed by atoms with Gasteiger partial charge in [-0.3, -0.25) is 33.6 Å². The largest absolute Gasteiger partial charge is 0.480 e. The molecule has 1 unspecified atom stereocenters. The van der Waals surface area contributed by atoms with Crippen LogP contribution in [0.1, 0.15) is 54.5 Å². The van der Waals surface area contributed by atoms with Gasteiger partial charge in [0.1, 0.15) is 30.2 Å². The molecule has 2 heterocycles. The molecule has 14 nitrogen and oxygen atoms in total. The fourth-order valence-electron chi connectivity index (χ4n) is 7.11. The van der Waals surface area contributed by atoms with Crippen molar-refractivity contribution in [3.63, 3.8) is 0 Å². The Morgan fingerprint density at radius 1 is 0.619 bits per heavy atom. The number of carboxylic acids is 1. The predicted molar refractivity (Wildman–Crippen MR) is 237 cm³/mol. The summed E-state index contributed by atoms with van der Waals surface area (Å²) in [4.78, 5) is 95.1. The summed E-state index contributed by atoms with van der Waals surface area (Å²) in [5.74, 6) is -5.22. The highest BCUT2D eigenvalue weighted by atomic mass is 16.4. The van der Waals surface area contributed by atoms with Crippen molar-refractivity contribution in [1.82, 2.24) is 26.6 Å². The lowest BCUT2D eigenvalue weighted by Gasteiger charge is -2.27. The first-order valence-corrected chi connectivity index (χ1v) is 20.8. The number of rotatable bonds is 10. The number of hydrogen-bond acceptors (Lipinski definition) is 7. The molecular formula is C49H50N6O8. The van der Waals surface area contributed by atoms with Crippen LogP contribution in [0.5, 0.6) is 0 Å². The molecule has 5 aromatic carbocycles. The summed E-state index contributed by atoms with van der Waals surface area (Å²) in [6.45, 7) is 1.30. The third kappa shape index (κ3) is 13.2. The molecule has 7 rings (SSSR count). The minimum Gasteiger partial charge on any atom is -0.480 e. The van der Waals surface area contributed by atoms with Crippen LogP contribution in [0.3, 0.4) is 0 Å². The Kier molecular flexibility index (Phi) is 15.5. The van der Waals surface area contributed by atoms with Gasteiger partial charge in [0, 0.05) is 31.4 Å². The monoisotopic (exact) mass is 850 g/mol. The van der Waals surface area contributed by atoms with Gasteiger partial charge < -0.3 is 37.0 Å². The number of anilines is 1. The lowest BCUT2D eigenvalue weighted by Crippen LogP contribution is -2.58. The molecule has 2 aliphatic rings. The first kappa shape index (κ1) is 44.9. The molecule has 324 valence electrons. The Bertz CT molecular complexity index is 2380. The second kappa shape index (κ2) is 21.8. The van der Waals surface area contributed by atoms with Crippen molar-refractivity contribution >= 4 is 47.1 Å². The van der Waals surface area contributed by atoms with Crippen LogP contribution in [0.2, 0.25) is 0 Å². The molecule has 0 saturated carbocycles. The Balaban J connectivity index is 1.37. The fraction of sp³-hybridized carbons (Fsp3) is 0.245. The number of benzene rings is 5. The van der Waals surface area contributed by atoms with Gasteiger partial charge in [-0.1, -0.05) is 127 Å². The van der Waals surface area contributed by atoms with Crippen molar-refractivity contribution in [2.24, 2.45) is 0 Å². The maximum atomic E-state index is 14.6. The molecule has 0 fully saturated rings. The van der Waals surface area contributed by atoms with Crippen LogP contribution in [0.4, 0.5) is 5.69 Å². The third-order valence-corrected chi connectivity index (χ3v) is 10.7. The van der Waals surface area contributed by atoms with Crippen LogP contribution < -0.4 is 31.9 Å². The SMILES string of the molecule is C[C@H](NC(=O)[C@@H]1Cc2ccc(cc2)NC(=O)CCC(=O)NC(c2ccccc2)C(=O)N[C@@H](Cc2ccc(-c3ccccc3)cc2)C(=O)N[C@H](CCc2ccccc2)C(=O)N1)C(=O)O. The van der Waals surface area contributed by atoms with Gasteiger partial charge in [0.25, 0.3) is 0 Å². The predicted octanol–water partition coefficient (Wildman–Crippen LogP) is 4.41. The van der Waals surface area contributed by atoms with Gasteiger partial charge in [0.15, 0.2) is 0 Å². The molecule has 7 N–H and O–H groups in total. The van der Waals surface area contributed by atoms with Crippen LogP contribution in [-0.2, 0) is 52.8 Å². The highest BCUT2D eigenvalue weighted by Gasteiger charge is 2.33. The van der Waals surface area contributed by atoms with Crippen LogP contribution in [0, 0.1) is 0 Å². The van der Waals surface area contributed by atoms with Crippen LogP contribution in [0.25, 0.3) is 11.1 Å². The molecule has 0 aliphatic carbocycles. The van der Waals surface area contributed by atoms with E-state index in [0.717, 1.165) is 16.7 Å². The molecule has 63 heavy (non-hydrogen) atoms. The van der Waals surface area contributed by atoms with Gasteiger partial charge in [-0.2, -0.15) is 0 Å².